The van der Waals surface area contributed by atoms with Gasteiger partial charge in [0.1, 0.15) is 0 Å². The molecule has 0 bridgehead atoms. The van der Waals surface area contributed by atoms with Crippen molar-refractivity contribution in [1.82, 2.24) is 25.2 Å². The molecule has 0 saturated carbocycles. The number of furan rings is 1. The number of hydrogen-bond donors (Lipinski definition) is 2. The average Bonchev–Trinajstić information content (AvgIpc) is 3.27. The minimum atomic E-state index is -0.255. The molecule has 128 valence electrons. The quantitative estimate of drug-likeness (QED) is 0.787. The van der Waals surface area contributed by atoms with Gasteiger partial charge >= 0.3 is 0 Å². The maximum absolute atomic E-state index is 12.2. The van der Waals surface area contributed by atoms with Crippen molar-refractivity contribution < 1.29 is 14.0 Å². The van der Waals surface area contributed by atoms with E-state index >= 15 is 0 Å². The Kier molecular flexibility index (Phi) is 4.90. The number of rotatable bonds is 5. The van der Waals surface area contributed by atoms with Gasteiger partial charge in [0, 0.05) is 25.7 Å². The molecule has 3 N–H and O–H groups in total. The van der Waals surface area contributed by atoms with Crippen molar-refractivity contribution in [3.63, 3.8) is 0 Å². The van der Waals surface area contributed by atoms with Crippen LogP contribution in [0, 0.1) is 0 Å². The monoisotopic (exact) mass is 332 g/mol. The molecule has 9 heteroatoms. The first-order valence-corrected chi connectivity index (χ1v) is 7.91. The van der Waals surface area contributed by atoms with Gasteiger partial charge in [0.25, 0.3) is 11.8 Å². The highest BCUT2D eigenvalue weighted by molar-refractivity contribution is 5.92. The largest absolute Gasteiger partial charge is 0.459 e. The molecule has 2 aromatic heterocycles. The lowest BCUT2D eigenvalue weighted by Crippen LogP contribution is -2.46. The van der Waals surface area contributed by atoms with Crippen LogP contribution in [0.4, 0.5) is 0 Å². The summed E-state index contributed by atoms with van der Waals surface area (Å²) >= 11 is 0. The number of nitrogens with two attached hydrogens (primary N) is 1. The Morgan fingerprint density at radius 3 is 2.83 bits per heavy atom. The molecule has 0 radical (unpaired) electrons. The SMILES string of the molecule is NCCn1cc(C(=O)NC2CCN(C(=O)c3ccco3)CC2)nn1. The number of nitrogens with zero attached hydrogens (tertiary/aromatic N) is 4. The highest BCUT2D eigenvalue weighted by Crippen LogP contribution is 2.14. The third kappa shape index (κ3) is 3.62. The topological polar surface area (TPSA) is 119 Å². The Labute approximate surface area is 138 Å². The minimum absolute atomic E-state index is 0.0119. The molecule has 0 atom stereocenters. The van der Waals surface area contributed by atoms with E-state index in [0.29, 0.717) is 44.8 Å². The second-order valence-electron chi connectivity index (χ2n) is 5.67. The molecule has 2 amide bonds. The van der Waals surface area contributed by atoms with E-state index in [2.05, 4.69) is 15.6 Å². The van der Waals surface area contributed by atoms with Crippen LogP contribution in [-0.2, 0) is 6.54 Å². The van der Waals surface area contributed by atoms with Gasteiger partial charge in [-0.2, -0.15) is 0 Å². The first-order chi connectivity index (χ1) is 11.7. The van der Waals surface area contributed by atoms with E-state index in [0.717, 1.165) is 0 Å². The summed E-state index contributed by atoms with van der Waals surface area (Å²) in [6, 6.07) is 3.36. The molecule has 3 rings (SSSR count). The Balaban J connectivity index is 1.49. The van der Waals surface area contributed by atoms with Crippen LogP contribution >= 0.6 is 0 Å². The van der Waals surface area contributed by atoms with Gasteiger partial charge in [-0.25, -0.2) is 0 Å². The Morgan fingerprint density at radius 2 is 2.17 bits per heavy atom. The highest BCUT2D eigenvalue weighted by Gasteiger charge is 2.26. The van der Waals surface area contributed by atoms with Crippen molar-refractivity contribution in [3.8, 4) is 0 Å². The van der Waals surface area contributed by atoms with Gasteiger partial charge in [0.2, 0.25) is 0 Å². The number of carbonyl (C=O) groups excluding carboxylic acids is 2. The Hall–Kier alpha value is -2.68. The van der Waals surface area contributed by atoms with Crippen LogP contribution in [0.2, 0.25) is 0 Å². The van der Waals surface area contributed by atoms with Crippen molar-refractivity contribution in [2.75, 3.05) is 19.6 Å². The third-order valence-corrected chi connectivity index (χ3v) is 3.98. The van der Waals surface area contributed by atoms with Gasteiger partial charge in [-0.1, -0.05) is 5.21 Å². The lowest BCUT2D eigenvalue weighted by Gasteiger charge is -2.31. The summed E-state index contributed by atoms with van der Waals surface area (Å²) in [5, 5.41) is 10.6. The summed E-state index contributed by atoms with van der Waals surface area (Å²) in [5.74, 6) is -0.0300. The Morgan fingerprint density at radius 1 is 1.38 bits per heavy atom. The molecule has 0 aromatic carbocycles. The van der Waals surface area contributed by atoms with Crippen molar-refractivity contribution in [3.05, 3.63) is 36.0 Å². The number of aromatic nitrogens is 3. The summed E-state index contributed by atoms with van der Waals surface area (Å²) in [6.45, 7) is 2.11. The van der Waals surface area contributed by atoms with Gasteiger partial charge in [-0.15, -0.1) is 5.10 Å². The van der Waals surface area contributed by atoms with Crippen LogP contribution in [0.25, 0.3) is 0 Å². The fourth-order valence-electron chi connectivity index (χ4n) is 2.69. The number of likely N-dealkylation sites (tertiary alicyclic amines) is 1. The smallest absolute Gasteiger partial charge is 0.289 e. The predicted molar refractivity (Wildman–Crippen MR) is 84.2 cm³/mol. The molecule has 3 heterocycles. The van der Waals surface area contributed by atoms with Crippen molar-refractivity contribution in [1.29, 1.82) is 0 Å². The lowest BCUT2D eigenvalue weighted by molar-refractivity contribution is 0.0667. The first-order valence-electron chi connectivity index (χ1n) is 7.91. The molecule has 1 aliphatic rings. The fourth-order valence-corrected chi connectivity index (χ4v) is 2.69. The molecule has 9 nitrogen and oxygen atoms in total. The number of piperidine rings is 1. The van der Waals surface area contributed by atoms with E-state index in [1.807, 2.05) is 0 Å². The number of hydrogen-bond acceptors (Lipinski definition) is 6. The zero-order valence-corrected chi connectivity index (χ0v) is 13.2. The molecule has 0 spiro atoms. The summed E-state index contributed by atoms with van der Waals surface area (Å²) in [6.07, 6.45) is 4.44. The van der Waals surface area contributed by atoms with Gasteiger partial charge in [0.15, 0.2) is 11.5 Å². The van der Waals surface area contributed by atoms with Crippen molar-refractivity contribution >= 4 is 11.8 Å². The lowest BCUT2D eigenvalue weighted by atomic mass is 10.0. The fraction of sp³-hybridized carbons (Fsp3) is 0.467. The molecule has 1 fully saturated rings. The standard InChI is InChI=1S/C15H20N6O3/c16-5-8-21-10-12(18-19-21)14(22)17-11-3-6-20(7-4-11)15(23)13-2-1-9-24-13/h1-2,9-11H,3-8,16H2,(H,17,22). The average molecular weight is 332 g/mol. The molecule has 2 aromatic rings. The van der Waals surface area contributed by atoms with Crippen LogP contribution in [0.3, 0.4) is 0 Å². The summed E-state index contributed by atoms with van der Waals surface area (Å²) in [7, 11) is 0. The second kappa shape index (κ2) is 7.26. The van der Waals surface area contributed by atoms with E-state index < -0.39 is 0 Å². The van der Waals surface area contributed by atoms with E-state index in [-0.39, 0.29) is 23.6 Å². The van der Waals surface area contributed by atoms with Gasteiger partial charge in [-0.05, 0) is 25.0 Å². The number of amides is 2. The molecule has 24 heavy (non-hydrogen) atoms. The second-order valence-corrected chi connectivity index (χ2v) is 5.67. The highest BCUT2D eigenvalue weighted by atomic mass is 16.3. The molecule has 0 aliphatic carbocycles. The van der Waals surface area contributed by atoms with Gasteiger partial charge in [-0.3, -0.25) is 14.3 Å². The van der Waals surface area contributed by atoms with Crippen molar-refractivity contribution in [2.45, 2.75) is 25.4 Å². The molecule has 1 saturated heterocycles. The van der Waals surface area contributed by atoms with E-state index in [1.54, 1.807) is 27.9 Å². The number of nitrogens with one attached hydrogen (secondary N) is 1. The maximum Gasteiger partial charge on any atom is 0.289 e. The Bertz CT molecular complexity index is 688. The molecule has 0 unspecified atom stereocenters. The summed E-state index contributed by atoms with van der Waals surface area (Å²) in [5.41, 5.74) is 5.72. The first kappa shape index (κ1) is 16.2. The van der Waals surface area contributed by atoms with Crippen molar-refractivity contribution in [2.24, 2.45) is 5.73 Å². The maximum atomic E-state index is 12.2. The van der Waals surface area contributed by atoms with Crippen LogP contribution in [0.1, 0.15) is 33.9 Å². The van der Waals surface area contributed by atoms with Crippen LogP contribution < -0.4 is 11.1 Å². The summed E-state index contributed by atoms with van der Waals surface area (Å²) < 4.78 is 6.67. The van der Waals surface area contributed by atoms with Crippen LogP contribution in [0.5, 0.6) is 0 Å². The van der Waals surface area contributed by atoms with E-state index in [9.17, 15) is 9.59 Å². The third-order valence-electron chi connectivity index (χ3n) is 3.98. The normalized spacial score (nSPS) is 15.5. The van der Waals surface area contributed by atoms with E-state index in [1.165, 1.54) is 6.26 Å². The van der Waals surface area contributed by atoms with Gasteiger partial charge in [0.05, 0.1) is 19.0 Å². The molecular formula is C15H20N6O3. The summed E-state index contributed by atoms with van der Waals surface area (Å²) in [4.78, 5) is 26.1. The van der Waals surface area contributed by atoms with E-state index in [4.69, 9.17) is 10.2 Å². The van der Waals surface area contributed by atoms with Crippen LogP contribution in [-0.4, -0.2) is 57.4 Å². The van der Waals surface area contributed by atoms with Gasteiger partial charge < -0.3 is 20.4 Å². The molecule has 1 aliphatic heterocycles. The van der Waals surface area contributed by atoms with Crippen LogP contribution in [0.15, 0.2) is 29.0 Å². The molecular weight excluding hydrogens is 312 g/mol. The zero-order chi connectivity index (χ0) is 16.9. The minimum Gasteiger partial charge on any atom is -0.459 e. The number of carbonyl (C=O) groups is 2. The predicted octanol–water partition coefficient (Wildman–Crippen LogP) is -0.136. The zero-order valence-electron chi connectivity index (χ0n) is 13.2.